The molecular formula is C56H36N2. The van der Waals surface area contributed by atoms with Gasteiger partial charge in [-0.05, 0) is 74.8 Å². The first-order valence-corrected chi connectivity index (χ1v) is 20.1. The number of nitrogens with zero attached hydrogens (tertiary/aromatic N) is 2. The lowest BCUT2D eigenvalue weighted by molar-refractivity contribution is 0.769. The van der Waals surface area contributed by atoms with Crippen LogP contribution in [0.25, 0.3) is 82.7 Å². The van der Waals surface area contributed by atoms with Crippen LogP contribution in [0.3, 0.4) is 0 Å². The maximum Gasteiger partial charge on any atom is 0.0788 e. The molecule has 0 saturated heterocycles. The first-order valence-electron chi connectivity index (χ1n) is 20.1. The van der Waals surface area contributed by atoms with Crippen molar-refractivity contribution in [1.82, 2.24) is 9.55 Å². The second kappa shape index (κ2) is 12.7. The average Bonchev–Trinajstić information content (AvgIpc) is 3.80. The van der Waals surface area contributed by atoms with Gasteiger partial charge < -0.3 is 4.57 Å². The van der Waals surface area contributed by atoms with Gasteiger partial charge in [-0.1, -0.05) is 188 Å². The first-order chi connectivity index (χ1) is 28.8. The van der Waals surface area contributed by atoms with Gasteiger partial charge in [0.1, 0.15) is 0 Å². The molecule has 270 valence electrons. The largest absolute Gasteiger partial charge is 0.309 e. The van der Waals surface area contributed by atoms with Crippen molar-refractivity contribution in [3.63, 3.8) is 0 Å². The van der Waals surface area contributed by atoms with Crippen molar-refractivity contribution in [2.24, 2.45) is 0 Å². The summed E-state index contributed by atoms with van der Waals surface area (Å²) < 4.78 is 2.49. The van der Waals surface area contributed by atoms with Crippen molar-refractivity contribution < 1.29 is 0 Å². The molecule has 0 spiro atoms. The van der Waals surface area contributed by atoms with E-state index in [2.05, 4.69) is 223 Å². The lowest BCUT2D eigenvalue weighted by Gasteiger charge is -2.34. The highest BCUT2D eigenvalue weighted by atomic mass is 15.0. The number of hydrogen-bond donors (Lipinski definition) is 0. The number of rotatable bonds is 5. The third-order valence-electron chi connectivity index (χ3n) is 12.4. The topological polar surface area (TPSA) is 17.8 Å². The van der Waals surface area contributed by atoms with E-state index in [-0.39, 0.29) is 0 Å². The minimum atomic E-state index is -0.459. The molecule has 0 unspecified atom stereocenters. The highest BCUT2D eigenvalue weighted by Crippen LogP contribution is 2.56. The Hall–Kier alpha value is -7.55. The van der Waals surface area contributed by atoms with Crippen molar-refractivity contribution in [1.29, 1.82) is 0 Å². The first kappa shape index (κ1) is 32.7. The molecule has 2 nitrogen and oxygen atoms in total. The Morgan fingerprint density at radius 2 is 0.983 bits per heavy atom. The predicted molar refractivity (Wildman–Crippen MR) is 242 cm³/mol. The van der Waals surface area contributed by atoms with Crippen LogP contribution in [-0.2, 0) is 5.41 Å². The summed E-state index contributed by atoms with van der Waals surface area (Å²) in [6.45, 7) is 0. The molecule has 0 N–H and O–H groups in total. The van der Waals surface area contributed by atoms with Crippen LogP contribution in [0.2, 0.25) is 0 Å². The zero-order valence-corrected chi connectivity index (χ0v) is 31.7. The molecule has 12 rings (SSSR count). The van der Waals surface area contributed by atoms with Gasteiger partial charge in [0, 0.05) is 38.2 Å². The Morgan fingerprint density at radius 3 is 1.78 bits per heavy atom. The maximum absolute atomic E-state index is 5.28. The zero-order chi connectivity index (χ0) is 38.2. The standard InChI is InChI=1S/C56H36N2/c1-4-17-37(18-5-1)54-48-34-33-46-45-26-12-15-30-52(45)58(55(46)53(48)47-27-11-14-29-51(47)57-54)42-24-16-19-38(35-42)39-31-32-44-43-25-10-13-28-49(43)56(50(44)36-39,40-20-6-2-7-21-40)41-22-8-3-9-23-41/h1-36H. The molecule has 2 aromatic heterocycles. The van der Waals surface area contributed by atoms with E-state index >= 15 is 0 Å². The molecule has 1 aliphatic rings. The molecule has 0 radical (unpaired) electrons. The van der Waals surface area contributed by atoms with E-state index in [1.807, 2.05) is 0 Å². The minimum Gasteiger partial charge on any atom is -0.309 e. The number of para-hydroxylation sites is 2. The zero-order valence-electron chi connectivity index (χ0n) is 31.7. The number of pyridine rings is 1. The smallest absolute Gasteiger partial charge is 0.0788 e. The third-order valence-corrected chi connectivity index (χ3v) is 12.4. The van der Waals surface area contributed by atoms with Crippen molar-refractivity contribution >= 4 is 43.5 Å². The predicted octanol–water partition coefficient (Wildman–Crippen LogP) is 14.2. The monoisotopic (exact) mass is 736 g/mol. The van der Waals surface area contributed by atoms with Gasteiger partial charge in [0.15, 0.2) is 0 Å². The van der Waals surface area contributed by atoms with Crippen LogP contribution in [-0.4, -0.2) is 9.55 Å². The minimum absolute atomic E-state index is 0.459. The van der Waals surface area contributed by atoms with Crippen molar-refractivity contribution in [3.05, 3.63) is 241 Å². The maximum atomic E-state index is 5.28. The summed E-state index contributed by atoms with van der Waals surface area (Å²) in [6.07, 6.45) is 0. The van der Waals surface area contributed by atoms with E-state index in [0.29, 0.717) is 0 Å². The van der Waals surface area contributed by atoms with Gasteiger partial charge in [0.2, 0.25) is 0 Å². The Bertz CT molecular complexity index is 3340. The number of benzene rings is 9. The molecule has 0 bridgehead atoms. The van der Waals surface area contributed by atoms with Gasteiger partial charge in [0.25, 0.3) is 0 Å². The number of fused-ring (bicyclic) bond motifs is 10. The Morgan fingerprint density at radius 1 is 0.379 bits per heavy atom. The Labute approximate surface area is 336 Å². The van der Waals surface area contributed by atoms with Gasteiger partial charge in [-0.15, -0.1) is 0 Å². The third kappa shape index (κ3) is 4.63. The normalized spacial score (nSPS) is 13.0. The van der Waals surface area contributed by atoms with E-state index in [1.54, 1.807) is 0 Å². The van der Waals surface area contributed by atoms with Crippen LogP contribution in [0.4, 0.5) is 0 Å². The van der Waals surface area contributed by atoms with E-state index < -0.39 is 5.41 Å². The summed E-state index contributed by atoms with van der Waals surface area (Å²) in [6, 6.07) is 79.9. The summed E-state index contributed by atoms with van der Waals surface area (Å²) in [5, 5.41) is 5.98. The SMILES string of the molecule is c1ccc(-c2nc3ccccc3c3c2ccc2c4ccccc4n(-c4cccc(-c5ccc6c(c5)C(c5ccccc5)(c5ccccc5)c5ccccc5-6)c4)c23)cc1. The van der Waals surface area contributed by atoms with Gasteiger partial charge in [-0.25, -0.2) is 4.98 Å². The van der Waals surface area contributed by atoms with Crippen LogP contribution in [0.15, 0.2) is 218 Å². The van der Waals surface area contributed by atoms with E-state index in [0.717, 1.165) is 33.2 Å². The van der Waals surface area contributed by atoms with Crippen LogP contribution in [0.5, 0.6) is 0 Å². The van der Waals surface area contributed by atoms with E-state index in [1.165, 1.54) is 71.7 Å². The second-order valence-corrected chi connectivity index (χ2v) is 15.4. The highest BCUT2D eigenvalue weighted by Gasteiger charge is 2.46. The average molecular weight is 737 g/mol. The summed E-state index contributed by atoms with van der Waals surface area (Å²) in [7, 11) is 0. The van der Waals surface area contributed by atoms with Crippen LogP contribution >= 0.6 is 0 Å². The molecule has 9 aromatic carbocycles. The molecule has 2 heteroatoms. The summed E-state index contributed by atoms with van der Waals surface area (Å²) in [4.78, 5) is 5.28. The number of aromatic nitrogens is 2. The lowest BCUT2D eigenvalue weighted by Crippen LogP contribution is -2.28. The second-order valence-electron chi connectivity index (χ2n) is 15.4. The summed E-state index contributed by atoms with van der Waals surface area (Å²) in [5.41, 5.74) is 16.3. The molecular weight excluding hydrogens is 701 g/mol. The van der Waals surface area contributed by atoms with Crippen LogP contribution in [0.1, 0.15) is 22.3 Å². The molecule has 2 heterocycles. The van der Waals surface area contributed by atoms with Crippen molar-refractivity contribution in [3.8, 4) is 39.2 Å². The fourth-order valence-electron chi connectivity index (χ4n) is 10.0. The fraction of sp³-hybridized carbons (Fsp3) is 0.0179. The molecule has 1 aliphatic carbocycles. The highest BCUT2D eigenvalue weighted by molar-refractivity contribution is 6.26. The van der Waals surface area contributed by atoms with E-state index in [4.69, 9.17) is 4.98 Å². The number of hydrogen-bond acceptors (Lipinski definition) is 1. The lowest BCUT2D eigenvalue weighted by atomic mass is 9.67. The summed E-state index contributed by atoms with van der Waals surface area (Å²) >= 11 is 0. The molecule has 11 aromatic rings. The van der Waals surface area contributed by atoms with Crippen molar-refractivity contribution in [2.75, 3.05) is 0 Å². The molecule has 0 aliphatic heterocycles. The van der Waals surface area contributed by atoms with Gasteiger partial charge in [0.05, 0.1) is 27.7 Å². The molecule has 0 fully saturated rings. The van der Waals surface area contributed by atoms with Gasteiger partial charge >= 0.3 is 0 Å². The van der Waals surface area contributed by atoms with Crippen LogP contribution < -0.4 is 0 Å². The quantitative estimate of drug-likeness (QED) is 0.161. The van der Waals surface area contributed by atoms with Crippen molar-refractivity contribution in [2.45, 2.75) is 5.41 Å². The molecule has 58 heavy (non-hydrogen) atoms. The van der Waals surface area contributed by atoms with Gasteiger partial charge in [-0.3, -0.25) is 0 Å². The Kier molecular flexibility index (Phi) is 7.18. The molecule has 0 atom stereocenters. The fourth-order valence-corrected chi connectivity index (χ4v) is 10.0. The molecule has 0 saturated carbocycles. The van der Waals surface area contributed by atoms with Crippen LogP contribution in [0, 0.1) is 0 Å². The van der Waals surface area contributed by atoms with Gasteiger partial charge in [-0.2, -0.15) is 0 Å². The summed E-state index contributed by atoms with van der Waals surface area (Å²) in [5.74, 6) is 0. The Balaban J connectivity index is 1.12. The van der Waals surface area contributed by atoms with E-state index in [9.17, 15) is 0 Å². The molecule has 0 amide bonds.